The predicted octanol–water partition coefficient (Wildman–Crippen LogP) is 3.43. The standard InChI is InChI=1S/C13H9ClF3N5O2S/c1-6-2-9(21-24-6)18-10(23)5-25-12-20-19-11-8(14)3-7(4-22(11)12)13(15,16)17/h2-4H,5H2,1H3,(H,18,21,23). The lowest BCUT2D eigenvalue weighted by Gasteiger charge is -2.08. The summed E-state index contributed by atoms with van der Waals surface area (Å²) in [6.07, 6.45) is -3.73. The molecule has 3 aromatic rings. The van der Waals surface area contributed by atoms with E-state index in [1.807, 2.05) is 0 Å². The number of hydrogen-bond acceptors (Lipinski definition) is 6. The first-order valence-electron chi connectivity index (χ1n) is 6.71. The molecule has 0 aliphatic carbocycles. The largest absolute Gasteiger partial charge is 0.417 e. The van der Waals surface area contributed by atoms with Crippen molar-refractivity contribution < 1.29 is 22.5 Å². The van der Waals surface area contributed by atoms with Crippen molar-refractivity contribution in [3.63, 3.8) is 0 Å². The van der Waals surface area contributed by atoms with Crippen LogP contribution in [0.1, 0.15) is 11.3 Å². The van der Waals surface area contributed by atoms with Crippen molar-refractivity contribution in [2.24, 2.45) is 0 Å². The van der Waals surface area contributed by atoms with Gasteiger partial charge >= 0.3 is 6.18 Å². The number of hydrogen-bond donors (Lipinski definition) is 1. The van der Waals surface area contributed by atoms with E-state index in [0.29, 0.717) is 5.76 Å². The average molecular weight is 392 g/mol. The number of fused-ring (bicyclic) bond motifs is 1. The maximum Gasteiger partial charge on any atom is 0.417 e. The highest BCUT2D eigenvalue weighted by Crippen LogP contribution is 2.33. The third-order valence-corrected chi connectivity index (χ3v) is 4.20. The number of nitrogens with one attached hydrogen (secondary N) is 1. The Hall–Kier alpha value is -2.27. The van der Waals surface area contributed by atoms with Crippen molar-refractivity contribution in [3.05, 3.63) is 34.7 Å². The first-order valence-corrected chi connectivity index (χ1v) is 8.08. The summed E-state index contributed by atoms with van der Waals surface area (Å²) >= 11 is 6.74. The van der Waals surface area contributed by atoms with Crippen LogP contribution >= 0.6 is 23.4 Å². The number of nitrogens with zero attached hydrogens (tertiary/aromatic N) is 4. The Bertz CT molecular complexity index is 940. The summed E-state index contributed by atoms with van der Waals surface area (Å²) < 4.78 is 44.6. The SMILES string of the molecule is Cc1cc(NC(=O)CSc2nnc3c(Cl)cc(C(F)(F)F)cn23)no1. The number of carbonyl (C=O) groups is 1. The molecule has 1 amide bonds. The summed E-state index contributed by atoms with van der Waals surface area (Å²) in [5, 5.41) is 13.5. The van der Waals surface area contributed by atoms with Crippen LogP contribution in [-0.2, 0) is 11.0 Å². The van der Waals surface area contributed by atoms with Gasteiger partial charge < -0.3 is 9.84 Å². The van der Waals surface area contributed by atoms with E-state index >= 15 is 0 Å². The summed E-state index contributed by atoms with van der Waals surface area (Å²) in [4.78, 5) is 11.9. The van der Waals surface area contributed by atoms with Crippen molar-refractivity contribution in [3.8, 4) is 0 Å². The van der Waals surface area contributed by atoms with Crippen molar-refractivity contribution in [1.82, 2.24) is 19.8 Å². The molecule has 0 radical (unpaired) electrons. The topological polar surface area (TPSA) is 85.3 Å². The second-order valence-electron chi connectivity index (χ2n) is 4.91. The Morgan fingerprint density at radius 3 is 2.80 bits per heavy atom. The summed E-state index contributed by atoms with van der Waals surface area (Å²) in [6.45, 7) is 1.67. The molecule has 0 saturated carbocycles. The molecule has 3 heterocycles. The van der Waals surface area contributed by atoms with Gasteiger partial charge in [-0.25, -0.2) is 0 Å². The van der Waals surface area contributed by atoms with Crippen molar-refractivity contribution in [1.29, 1.82) is 0 Å². The number of amides is 1. The Morgan fingerprint density at radius 1 is 1.40 bits per heavy atom. The molecule has 0 fully saturated rings. The van der Waals surface area contributed by atoms with E-state index in [1.54, 1.807) is 6.92 Å². The van der Waals surface area contributed by atoms with Gasteiger partial charge in [-0.05, 0) is 13.0 Å². The molecule has 0 atom stereocenters. The van der Waals surface area contributed by atoms with Crippen LogP contribution in [0.3, 0.4) is 0 Å². The van der Waals surface area contributed by atoms with Gasteiger partial charge in [0.1, 0.15) is 5.76 Å². The number of anilines is 1. The van der Waals surface area contributed by atoms with Gasteiger partial charge in [-0.2, -0.15) is 13.2 Å². The minimum absolute atomic E-state index is 0.0738. The lowest BCUT2D eigenvalue weighted by atomic mass is 10.3. The van der Waals surface area contributed by atoms with Gasteiger partial charge in [0.25, 0.3) is 0 Å². The van der Waals surface area contributed by atoms with Crippen LogP contribution < -0.4 is 5.32 Å². The average Bonchev–Trinajstić information content (AvgIpc) is 3.11. The summed E-state index contributed by atoms with van der Waals surface area (Å²) in [7, 11) is 0. The van der Waals surface area contributed by atoms with Gasteiger partial charge in [0.15, 0.2) is 16.6 Å². The van der Waals surface area contributed by atoms with Crippen LogP contribution in [0.4, 0.5) is 19.0 Å². The fourth-order valence-corrected chi connectivity index (χ4v) is 2.88. The number of rotatable bonds is 4. The van der Waals surface area contributed by atoms with E-state index in [1.165, 1.54) is 6.07 Å². The molecule has 3 aromatic heterocycles. The first kappa shape index (κ1) is 17.5. The molecular weight excluding hydrogens is 383 g/mol. The van der Waals surface area contributed by atoms with E-state index in [0.717, 1.165) is 28.4 Å². The highest BCUT2D eigenvalue weighted by molar-refractivity contribution is 7.99. The van der Waals surface area contributed by atoms with Gasteiger partial charge in [-0.1, -0.05) is 28.5 Å². The Balaban J connectivity index is 1.77. The van der Waals surface area contributed by atoms with E-state index in [2.05, 4.69) is 20.7 Å². The van der Waals surface area contributed by atoms with Gasteiger partial charge in [-0.3, -0.25) is 9.20 Å². The van der Waals surface area contributed by atoms with Crippen LogP contribution in [0.5, 0.6) is 0 Å². The number of thioether (sulfide) groups is 1. The molecule has 7 nitrogen and oxygen atoms in total. The highest BCUT2D eigenvalue weighted by atomic mass is 35.5. The zero-order chi connectivity index (χ0) is 18.2. The third-order valence-electron chi connectivity index (χ3n) is 2.98. The number of halogens is 4. The van der Waals surface area contributed by atoms with Crippen LogP contribution in [0.25, 0.3) is 5.65 Å². The Labute approximate surface area is 147 Å². The Morgan fingerprint density at radius 2 is 2.16 bits per heavy atom. The zero-order valence-electron chi connectivity index (χ0n) is 12.5. The number of aryl methyl sites for hydroxylation is 1. The van der Waals surface area contributed by atoms with Crippen LogP contribution in [-0.4, -0.2) is 31.4 Å². The van der Waals surface area contributed by atoms with Crippen molar-refractivity contribution in [2.45, 2.75) is 18.3 Å². The minimum Gasteiger partial charge on any atom is -0.360 e. The minimum atomic E-state index is -4.56. The predicted molar refractivity (Wildman–Crippen MR) is 83.6 cm³/mol. The molecule has 12 heteroatoms. The van der Waals surface area contributed by atoms with Gasteiger partial charge in [0.05, 0.1) is 16.3 Å². The fraction of sp³-hybridized carbons (Fsp3) is 0.231. The van der Waals surface area contributed by atoms with Gasteiger partial charge in [0, 0.05) is 12.3 Å². The van der Waals surface area contributed by atoms with E-state index in [-0.39, 0.29) is 27.4 Å². The molecule has 25 heavy (non-hydrogen) atoms. The summed E-state index contributed by atoms with van der Waals surface area (Å²) in [5.41, 5.74) is -0.862. The molecule has 0 bridgehead atoms. The van der Waals surface area contributed by atoms with Crippen LogP contribution in [0.15, 0.2) is 28.0 Å². The van der Waals surface area contributed by atoms with Gasteiger partial charge in [0.2, 0.25) is 5.91 Å². The Kier molecular flexibility index (Phi) is 4.60. The maximum absolute atomic E-state index is 12.9. The zero-order valence-corrected chi connectivity index (χ0v) is 14.0. The quantitative estimate of drug-likeness (QED) is 0.686. The molecule has 0 spiro atoms. The van der Waals surface area contributed by atoms with E-state index in [4.69, 9.17) is 16.1 Å². The fourth-order valence-electron chi connectivity index (χ4n) is 1.92. The molecule has 132 valence electrons. The lowest BCUT2D eigenvalue weighted by Crippen LogP contribution is -2.14. The molecular formula is C13H9ClF3N5O2S. The van der Waals surface area contributed by atoms with Crippen LogP contribution in [0, 0.1) is 6.92 Å². The molecule has 0 saturated heterocycles. The first-order chi connectivity index (χ1) is 11.7. The molecule has 0 aromatic carbocycles. The van der Waals surface area contributed by atoms with Crippen molar-refractivity contribution in [2.75, 3.05) is 11.1 Å². The smallest absolute Gasteiger partial charge is 0.360 e. The highest BCUT2D eigenvalue weighted by Gasteiger charge is 2.32. The normalized spacial score (nSPS) is 11.9. The summed E-state index contributed by atoms with van der Waals surface area (Å²) in [5.74, 6) is 0.242. The number of aromatic nitrogens is 4. The van der Waals surface area contributed by atoms with Crippen LogP contribution in [0.2, 0.25) is 5.02 Å². The molecule has 0 aliphatic heterocycles. The second-order valence-corrected chi connectivity index (χ2v) is 6.26. The lowest BCUT2D eigenvalue weighted by molar-refractivity contribution is -0.137. The molecule has 0 aliphatic rings. The summed E-state index contributed by atoms with van der Waals surface area (Å²) in [6, 6.07) is 2.31. The number of carbonyl (C=O) groups excluding carboxylic acids is 1. The maximum atomic E-state index is 12.9. The van der Waals surface area contributed by atoms with Crippen molar-refractivity contribution >= 4 is 40.7 Å². The van der Waals surface area contributed by atoms with E-state index < -0.39 is 17.6 Å². The number of alkyl halides is 3. The molecule has 3 rings (SSSR count). The third kappa shape index (κ3) is 3.87. The second kappa shape index (κ2) is 6.56. The monoisotopic (exact) mass is 391 g/mol. The van der Waals surface area contributed by atoms with E-state index in [9.17, 15) is 18.0 Å². The number of pyridine rings is 1. The molecule has 1 N–H and O–H groups in total. The van der Waals surface area contributed by atoms with Gasteiger partial charge in [-0.15, -0.1) is 10.2 Å². The molecule has 0 unspecified atom stereocenters.